The lowest BCUT2D eigenvalue weighted by Crippen LogP contribution is -2.37. The summed E-state index contributed by atoms with van der Waals surface area (Å²) < 4.78 is 11.4. The van der Waals surface area contributed by atoms with Gasteiger partial charge >= 0.3 is 5.97 Å². The van der Waals surface area contributed by atoms with Crippen molar-refractivity contribution in [2.45, 2.75) is 45.2 Å². The van der Waals surface area contributed by atoms with Crippen molar-refractivity contribution in [3.8, 4) is 11.5 Å². The van der Waals surface area contributed by atoms with Crippen LogP contribution in [0.3, 0.4) is 0 Å². The Hall–Kier alpha value is -3.06. The number of ether oxygens (including phenoxy) is 2. The number of aliphatic carboxylic acids is 1. The number of hydrogen-bond acceptors (Lipinski definition) is 5. The molecule has 0 radical (unpaired) electrons. The van der Waals surface area contributed by atoms with E-state index in [9.17, 15) is 9.59 Å². The van der Waals surface area contributed by atoms with Gasteiger partial charge in [-0.1, -0.05) is 24.3 Å². The Labute approximate surface area is 189 Å². The Bertz CT molecular complexity index is 915. The molecule has 0 unspecified atom stereocenters. The van der Waals surface area contributed by atoms with Crippen LogP contribution in [0.2, 0.25) is 0 Å². The molecule has 1 aliphatic heterocycles. The van der Waals surface area contributed by atoms with Crippen molar-refractivity contribution in [2.24, 2.45) is 0 Å². The number of nitrogens with zero attached hydrogens (tertiary/aromatic N) is 1. The maximum atomic E-state index is 12.6. The molecule has 2 aromatic rings. The summed E-state index contributed by atoms with van der Waals surface area (Å²) >= 11 is 0. The van der Waals surface area contributed by atoms with Crippen molar-refractivity contribution in [2.75, 3.05) is 26.8 Å². The Balaban J connectivity index is 1.87. The molecule has 0 spiro atoms. The average molecular weight is 441 g/mol. The molecule has 2 aromatic carbocycles. The average Bonchev–Trinajstić information content (AvgIpc) is 2.79. The van der Waals surface area contributed by atoms with Crippen LogP contribution in [-0.4, -0.2) is 48.7 Å². The van der Waals surface area contributed by atoms with Crippen LogP contribution >= 0.6 is 0 Å². The van der Waals surface area contributed by atoms with Gasteiger partial charge in [0.05, 0.1) is 20.3 Å². The van der Waals surface area contributed by atoms with E-state index in [1.54, 1.807) is 7.11 Å². The van der Waals surface area contributed by atoms with Crippen LogP contribution in [-0.2, 0) is 29.1 Å². The molecule has 0 fully saturated rings. The Kier molecular flexibility index (Phi) is 8.92. The third-order valence-corrected chi connectivity index (χ3v) is 5.45. The number of carboxylic acid groups (broad SMARTS) is 1. The van der Waals surface area contributed by atoms with E-state index in [2.05, 4.69) is 10.2 Å². The van der Waals surface area contributed by atoms with Gasteiger partial charge in [0.2, 0.25) is 5.91 Å². The van der Waals surface area contributed by atoms with Gasteiger partial charge < -0.3 is 19.9 Å². The van der Waals surface area contributed by atoms with E-state index < -0.39 is 5.97 Å². The molecule has 1 amide bonds. The first-order chi connectivity index (χ1) is 15.5. The summed E-state index contributed by atoms with van der Waals surface area (Å²) in [7, 11) is 1.64. The molecule has 7 nitrogen and oxygen atoms in total. The Morgan fingerprint density at radius 3 is 2.81 bits per heavy atom. The molecule has 0 bridgehead atoms. The number of aryl methyl sites for hydroxylation is 1. The van der Waals surface area contributed by atoms with Gasteiger partial charge in [-0.3, -0.25) is 14.5 Å². The summed E-state index contributed by atoms with van der Waals surface area (Å²) in [5, 5.41) is 12.1. The number of fused-ring (bicyclic) bond motifs is 1. The third kappa shape index (κ3) is 7.57. The van der Waals surface area contributed by atoms with Gasteiger partial charge in [0.15, 0.2) is 0 Å². The van der Waals surface area contributed by atoms with Crippen LogP contribution in [0.15, 0.2) is 42.5 Å². The zero-order valence-electron chi connectivity index (χ0n) is 18.6. The summed E-state index contributed by atoms with van der Waals surface area (Å²) in [6, 6.07) is 13.7. The normalized spacial score (nSPS) is 15.8. The lowest BCUT2D eigenvalue weighted by atomic mass is 10.0. The minimum absolute atomic E-state index is 0.00311. The summed E-state index contributed by atoms with van der Waals surface area (Å²) in [5.41, 5.74) is 2.96. The number of methoxy groups -OCH3 is 1. The van der Waals surface area contributed by atoms with Gasteiger partial charge in [-0.05, 0) is 55.0 Å². The lowest BCUT2D eigenvalue weighted by Gasteiger charge is -2.24. The number of nitrogens with one attached hydrogen (secondary N) is 1. The SMILES string of the molecule is COc1cccc(CN2CC(=O)NCCCCCOc3ccc(CCC(=O)O)cc3C2)c1. The van der Waals surface area contributed by atoms with E-state index in [1.165, 1.54) is 0 Å². The first-order valence-corrected chi connectivity index (χ1v) is 11.1. The van der Waals surface area contributed by atoms with Crippen LogP contribution in [0.5, 0.6) is 11.5 Å². The first-order valence-electron chi connectivity index (χ1n) is 11.1. The van der Waals surface area contributed by atoms with Gasteiger partial charge in [-0.25, -0.2) is 0 Å². The Morgan fingerprint density at radius 2 is 2.00 bits per heavy atom. The second-order valence-electron chi connectivity index (χ2n) is 8.09. The monoisotopic (exact) mass is 440 g/mol. The Morgan fingerprint density at radius 1 is 1.12 bits per heavy atom. The molecule has 1 aliphatic rings. The highest BCUT2D eigenvalue weighted by atomic mass is 16.5. The molecule has 3 rings (SSSR count). The number of benzene rings is 2. The predicted octanol–water partition coefficient (Wildman–Crippen LogP) is 3.39. The third-order valence-electron chi connectivity index (χ3n) is 5.45. The fourth-order valence-electron chi connectivity index (χ4n) is 3.81. The maximum absolute atomic E-state index is 12.6. The van der Waals surface area contributed by atoms with Gasteiger partial charge in [-0.2, -0.15) is 0 Å². The van der Waals surface area contributed by atoms with Crippen molar-refractivity contribution in [3.05, 3.63) is 59.2 Å². The number of carbonyl (C=O) groups excluding carboxylic acids is 1. The number of amides is 1. The van der Waals surface area contributed by atoms with E-state index in [4.69, 9.17) is 14.6 Å². The van der Waals surface area contributed by atoms with E-state index in [0.717, 1.165) is 47.5 Å². The van der Waals surface area contributed by atoms with E-state index >= 15 is 0 Å². The van der Waals surface area contributed by atoms with Crippen LogP contribution < -0.4 is 14.8 Å². The molecule has 7 heteroatoms. The van der Waals surface area contributed by atoms with E-state index in [1.807, 2.05) is 42.5 Å². The highest BCUT2D eigenvalue weighted by Crippen LogP contribution is 2.25. The predicted molar refractivity (Wildman–Crippen MR) is 122 cm³/mol. The quantitative estimate of drug-likeness (QED) is 0.716. The van der Waals surface area contributed by atoms with Crippen LogP contribution in [0, 0.1) is 0 Å². The minimum Gasteiger partial charge on any atom is -0.497 e. The van der Waals surface area contributed by atoms with Crippen molar-refractivity contribution in [3.63, 3.8) is 0 Å². The van der Waals surface area contributed by atoms with Crippen molar-refractivity contribution in [1.29, 1.82) is 0 Å². The van der Waals surface area contributed by atoms with Gasteiger partial charge in [0.1, 0.15) is 11.5 Å². The number of rotatable bonds is 6. The van der Waals surface area contributed by atoms with E-state index in [0.29, 0.717) is 32.7 Å². The summed E-state index contributed by atoms with van der Waals surface area (Å²) in [5.74, 6) is 0.745. The number of carboxylic acids is 1. The number of carbonyl (C=O) groups is 2. The van der Waals surface area contributed by atoms with Gasteiger partial charge in [-0.15, -0.1) is 0 Å². The smallest absolute Gasteiger partial charge is 0.303 e. The topological polar surface area (TPSA) is 88.1 Å². The molecule has 0 aromatic heterocycles. The molecule has 0 aliphatic carbocycles. The standard InChI is InChI=1S/C25H32N2O5/c1-31-22-7-5-6-20(15-22)16-27-17-21-14-19(9-11-25(29)30)8-10-23(21)32-13-4-2-3-12-26-24(28)18-27/h5-8,10,14-15H,2-4,9,11-13,16-18H2,1H3,(H,26,28)(H,29,30). The highest BCUT2D eigenvalue weighted by molar-refractivity contribution is 5.78. The van der Waals surface area contributed by atoms with Gasteiger partial charge in [0, 0.05) is 31.6 Å². The molecular formula is C25H32N2O5. The molecule has 0 atom stereocenters. The molecule has 1 heterocycles. The number of hydrogen-bond donors (Lipinski definition) is 2. The highest BCUT2D eigenvalue weighted by Gasteiger charge is 2.16. The van der Waals surface area contributed by atoms with Crippen molar-refractivity contribution < 1.29 is 24.2 Å². The largest absolute Gasteiger partial charge is 0.497 e. The van der Waals surface area contributed by atoms with Crippen molar-refractivity contribution >= 4 is 11.9 Å². The van der Waals surface area contributed by atoms with Crippen LogP contribution in [0.4, 0.5) is 0 Å². The molecule has 32 heavy (non-hydrogen) atoms. The summed E-state index contributed by atoms with van der Waals surface area (Å²) in [6.45, 7) is 2.63. The van der Waals surface area contributed by atoms with Crippen LogP contribution in [0.1, 0.15) is 42.4 Å². The molecule has 0 saturated heterocycles. The maximum Gasteiger partial charge on any atom is 0.303 e. The van der Waals surface area contributed by atoms with Crippen LogP contribution in [0.25, 0.3) is 0 Å². The second kappa shape index (κ2) is 12.1. The first kappa shape index (κ1) is 23.6. The molecule has 2 N–H and O–H groups in total. The fourth-order valence-corrected chi connectivity index (χ4v) is 3.81. The molecule has 0 saturated carbocycles. The summed E-state index contributed by atoms with van der Waals surface area (Å²) in [4.78, 5) is 25.7. The van der Waals surface area contributed by atoms with E-state index in [-0.39, 0.29) is 18.9 Å². The molecule has 172 valence electrons. The lowest BCUT2D eigenvalue weighted by molar-refractivity contribution is -0.137. The second-order valence-corrected chi connectivity index (χ2v) is 8.09. The summed E-state index contributed by atoms with van der Waals surface area (Å²) in [6.07, 6.45) is 3.37. The zero-order chi connectivity index (χ0) is 22.8. The zero-order valence-corrected chi connectivity index (χ0v) is 18.6. The fraction of sp³-hybridized carbons (Fsp3) is 0.440. The molecular weight excluding hydrogens is 408 g/mol. The van der Waals surface area contributed by atoms with Gasteiger partial charge in [0.25, 0.3) is 0 Å². The minimum atomic E-state index is -0.818. The van der Waals surface area contributed by atoms with Crippen molar-refractivity contribution in [1.82, 2.24) is 10.2 Å².